The number of ether oxygens (including phenoxy) is 1. The summed E-state index contributed by atoms with van der Waals surface area (Å²) in [5.74, 6) is 0. The molecular formula is C20H26N4O2. The minimum Gasteiger partial charge on any atom is -0.376 e. The summed E-state index contributed by atoms with van der Waals surface area (Å²) in [5.41, 5.74) is 2.93. The van der Waals surface area contributed by atoms with Crippen molar-refractivity contribution in [1.29, 1.82) is 0 Å². The van der Waals surface area contributed by atoms with Crippen molar-refractivity contribution in [3.8, 4) is 0 Å². The first kappa shape index (κ1) is 18.2. The van der Waals surface area contributed by atoms with Gasteiger partial charge in [0.2, 0.25) is 0 Å². The van der Waals surface area contributed by atoms with Gasteiger partial charge in [-0.05, 0) is 31.4 Å². The zero-order valence-electron chi connectivity index (χ0n) is 15.1. The first-order chi connectivity index (χ1) is 12.7. The SMILES string of the molecule is Cc1cc(CNC(=O)N(C/C=C/c2ccccc2)CC2CCCO2)n[nH]1. The number of nitrogens with zero attached hydrogens (tertiary/aromatic N) is 2. The van der Waals surface area contributed by atoms with Crippen LogP contribution >= 0.6 is 0 Å². The predicted octanol–water partition coefficient (Wildman–Crippen LogP) is 3.12. The molecule has 0 bridgehead atoms. The number of benzene rings is 1. The van der Waals surface area contributed by atoms with E-state index in [2.05, 4.69) is 15.5 Å². The monoisotopic (exact) mass is 354 g/mol. The van der Waals surface area contributed by atoms with Crippen LogP contribution in [0.5, 0.6) is 0 Å². The largest absolute Gasteiger partial charge is 0.376 e. The van der Waals surface area contributed by atoms with Gasteiger partial charge in [-0.15, -0.1) is 0 Å². The number of aromatic amines is 1. The summed E-state index contributed by atoms with van der Waals surface area (Å²) >= 11 is 0. The Morgan fingerprint density at radius 3 is 2.96 bits per heavy atom. The van der Waals surface area contributed by atoms with Gasteiger partial charge in [0.25, 0.3) is 0 Å². The molecule has 0 aliphatic carbocycles. The maximum absolute atomic E-state index is 12.6. The van der Waals surface area contributed by atoms with Gasteiger partial charge in [-0.25, -0.2) is 4.79 Å². The number of aromatic nitrogens is 2. The average molecular weight is 354 g/mol. The summed E-state index contributed by atoms with van der Waals surface area (Å²) < 4.78 is 5.70. The molecule has 6 heteroatoms. The fourth-order valence-electron chi connectivity index (χ4n) is 3.00. The molecule has 1 fully saturated rings. The zero-order valence-corrected chi connectivity index (χ0v) is 15.1. The van der Waals surface area contributed by atoms with E-state index in [4.69, 9.17) is 4.74 Å². The van der Waals surface area contributed by atoms with Crippen molar-refractivity contribution in [2.75, 3.05) is 19.7 Å². The number of carbonyl (C=O) groups is 1. The van der Waals surface area contributed by atoms with Gasteiger partial charge < -0.3 is 15.0 Å². The van der Waals surface area contributed by atoms with E-state index < -0.39 is 0 Å². The number of hydrogen-bond acceptors (Lipinski definition) is 3. The van der Waals surface area contributed by atoms with E-state index in [1.807, 2.05) is 55.5 Å². The summed E-state index contributed by atoms with van der Waals surface area (Å²) in [6.07, 6.45) is 6.24. The van der Waals surface area contributed by atoms with E-state index in [0.717, 1.165) is 36.4 Å². The molecule has 138 valence electrons. The number of carbonyl (C=O) groups excluding carboxylic acids is 1. The first-order valence-corrected chi connectivity index (χ1v) is 9.07. The lowest BCUT2D eigenvalue weighted by atomic mass is 10.2. The molecule has 6 nitrogen and oxygen atoms in total. The molecule has 1 saturated heterocycles. The molecule has 0 radical (unpaired) electrons. The molecule has 1 aromatic heterocycles. The molecule has 26 heavy (non-hydrogen) atoms. The summed E-state index contributed by atoms with van der Waals surface area (Å²) in [4.78, 5) is 14.4. The highest BCUT2D eigenvalue weighted by Gasteiger charge is 2.21. The van der Waals surface area contributed by atoms with Crippen LogP contribution in [0.2, 0.25) is 0 Å². The molecule has 2 N–H and O–H groups in total. The minimum absolute atomic E-state index is 0.0983. The fraction of sp³-hybridized carbons (Fsp3) is 0.400. The van der Waals surface area contributed by atoms with Crippen LogP contribution in [0, 0.1) is 6.92 Å². The first-order valence-electron chi connectivity index (χ1n) is 9.07. The van der Waals surface area contributed by atoms with Gasteiger partial charge in [-0.2, -0.15) is 5.10 Å². The van der Waals surface area contributed by atoms with Gasteiger partial charge in [-0.3, -0.25) is 5.10 Å². The molecule has 1 atom stereocenters. The summed E-state index contributed by atoms with van der Waals surface area (Å²) in [6.45, 7) is 4.28. The highest BCUT2D eigenvalue weighted by Crippen LogP contribution is 2.14. The standard InChI is InChI=1S/C20H26N4O2/c1-16-13-18(23-22-16)14-21-20(25)24(15-19-10-6-12-26-19)11-5-9-17-7-3-2-4-8-17/h2-5,7-9,13,19H,6,10-12,14-15H2,1H3,(H,21,25)(H,22,23)/b9-5+. The van der Waals surface area contributed by atoms with Crippen LogP contribution in [-0.4, -0.2) is 46.9 Å². The van der Waals surface area contributed by atoms with Crippen molar-refractivity contribution in [2.24, 2.45) is 0 Å². The quantitative estimate of drug-likeness (QED) is 0.802. The predicted molar refractivity (Wildman–Crippen MR) is 102 cm³/mol. The number of nitrogens with one attached hydrogen (secondary N) is 2. The van der Waals surface area contributed by atoms with Crippen molar-refractivity contribution in [3.05, 3.63) is 59.4 Å². The smallest absolute Gasteiger partial charge is 0.318 e. The third kappa shape index (κ3) is 5.46. The Kier molecular flexibility index (Phi) is 6.44. The summed E-state index contributed by atoms with van der Waals surface area (Å²) in [6, 6.07) is 11.9. The van der Waals surface area contributed by atoms with Crippen LogP contribution in [0.25, 0.3) is 6.08 Å². The Morgan fingerprint density at radius 1 is 1.42 bits per heavy atom. The van der Waals surface area contributed by atoms with Crippen molar-refractivity contribution in [3.63, 3.8) is 0 Å². The average Bonchev–Trinajstić information content (AvgIpc) is 3.31. The number of urea groups is 1. The van der Waals surface area contributed by atoms with Gasteiger partial charge in [0, 0.05) is 25.4 Å². The molecule has 2 amide bonds. The van der Waals surface area contributed by atoms with E-state index >= 15 is 0 Å². The third-order valence-corrected chi connectivity index (χ3v) is 4.35. The molecule has 3 rings (SSSR count). The maximum atomic E-state index is 12.6. The lowest BCUT2D eigenvalue weighted by Gasteiger charge is -2.24. The maximum Gasteiger partial charge on any atom is 0.318 e. The molecule has 1 aromatic carbocycles. The second-order valence-electron chi connectivity index (χ2n) is 6.55. The number of amides is 2. The Labute approximate surface area is 154 Å². The molecule has 0 spiro atoms. The zero-order chi connectivity index (χ0) is 18.2. The lowest BCUT2D eigenvalue weighted by Crippen LogP contribution is -2.43. The van der Waals surface area contributed by atoms with Crippen LogP contribution in [0.15, 0.2) is 42.5 Å². The van der Waals surface area contributed by atoms with E-state index in [9.17, 15) is 4.79 Å². The van der Waals surface area contributed by atoms with E-state index in [0.29, 0.717) is 19.6 Å². The second-order valence-corrected chi connectivity index (χ2v) is 6.55. The van der Waals surface area contributed by atoms with E-state index in [1.165, 1.54) is 0 Å². The minimum atomic E-state index is -0.0983. The molecule has 1 aliphatic heterocycles. The highest BCUT2D eigenvalue weighted by molar-refractivity contribution is 5.74. The van der Waals surface area contributed by atoms with Crippen LogP contribution < -0.4 is 5.32 Å². The van der Waals surface area contributed by atoms with E-state index in [1.54, 1.807) is 4.90 Å². The van der Waals surface area contributed by atoms with Crippen LogP contribution in [-0.2, 0) is 11.3 Å². The molecular weight excluding hydrogens is 328 g/mol. The molecule has 0 saturated carbocycles. The molecule has 2 aromatic rings. The van der Waals surface area contributed by atoms with Crippen molar-refractivity contribution in [1.82, 2.24) is 20.4 Å². The number of H-pyrrole nitrogens is 1. The van der Waals surface area contributed by atoms with Gasteiger partial charge in [0.1, 0.15) is 0 Å². The Hall–Kier alpha value is -2.60. The Bertz CT molecular complexity index is 720. The van der Waals surface area contributed by atoms with Crippen LogP contribution in [0.4, 0.5) is 4.79 Å². The molecule has 2 heterocycles. The third-order valence-electron chi connectivity index (χ3n) is 4.35. The Balaban J connectivity index is 1.57. The molecule has 1 aliphatic rings. The normalized spacial score (nSPS) is 16.9. The van der Waals surface area contributed by atoms with Crippen molar-refractivity contribution < 1.29 is 9.53 Å². The van der Waals surface area contributed by atoms with Gasteiger partial charge >= 0.3 is 6.03 Å². The topological polar surface area (TPSA) is 70.2 Å². The van der Waals surface area contributed by atoms with Gasteiger partial charge in [0.05, 0.1) is 18.3 Å². The molecule has 1 unspecified atom stereocenters. The fourth-order valence-corrected chi connectivity index (χ4v) is 3.00. The Morgan fingerprint density at radius 2 is 2.27 bits per heavy atom. The highest BCUT2D eigenvalue weighted by atomic mass is 16.5. The number of hydrogen-bond donors (Lipinski definition) is 2. The van der Waals surface area contributed by atoms with Crippen molar-refractivity contribution in [2.45, 2.75) is 32.4 Å². The van der Waals surface area contributed by atoms with Gasteiger partial charge in [-0.1, -0.05) is 42.5 Å². The summed E-state index contributed by atoms with van der Waals surface area (Å²) in [5, 5.41) is 9.99. The second kappa shape index (κ2) is 9.20. The van der Waals surface area contributed by atoms with Crippen molar-refractivity contribution >= 4 is 12.1 Å². The number of aryl methyl sites for hydroxylation is 1. The lowest BCUT2D eigenvalue weighted by molar-refractivity contribution is 0.0841. The summed E-state index contributed by atoms with van der Waals surface area (Å²) in [7, 11) is 0. The van der Waals surface area contributed by atoms with Crippen LogP contribution in [0.1, 0.15) is 29.8 Å². The van der Waals surface area contributed by atoms with E-state index in [-0.39, 0.29) is 12.1 Å². The van der Waals surface area contributed by atoms with Crippen LogP contribution in [0.3, 0.4) is 0 Å². The van der Waals surface area contributed by atoms with Gasteiger partial charge in [0.15, 0.2) is 0 Å². The number of rotatable bonds is 7.